The maximum absolute atomic E-state index is 13.6. The maximum Gasteiger partial charge on any atom is 0.416 e. The summed E-state index contributed by atoms with van der Waals surface area (Å²) in [5.74, 6) is 0.930. The van der Waals surface area contributed by atoms with Crippen LogP contribution in [0.25, 0.3) is 5.82 Å². The molecule has 2 aromatic heterocycles. The maximum atomic E-state index is 13.6. The summed E-state index contributed by atoms with van der Waals surface area (Å²) in [6.07, 6.45) is -1.68. The second-order valence-electron chi connectivity index (χ2n) is 9.83. The SMILES string of the molecule is CCCNCc1cc(C(=O)Cc2ccc(C)c(Cc3cc(C)nn3-c3cc(NC)ncn3)c2)cc(C(F)(F)F)c1. The molecule has 0 spiro atoms. The summed E-state index contributed by atoms with van der Waals surface area (Å²) < 4.78 is 42.5. The number of rotatable bonds is 11. The Morgan fingerprint density at radius 1 is 1.00 bits per heavy atom. The summed E-state index contributed by atoms with van der Waals surface area (Å²) in [7, 11) is 1.78. The molecule has 0 aliphatic heterocycles. The van der Waals surface area contributed by atoms with Crippen molar-refractivity contribution in [3.63, 3.8) is 0 Å². The monoisotopic (exact) mass is 550 g/mol. The number of carbonyl (C=O) groups excluding carboxylic acids is 1. The topological polar surface area (TPSA) is 84.7 Å². The second-order valence-corrected chi connectivity index (χ2v) is 9.83. The van der Waals surface area contributed by atoms with E-state index in [9.17, 15) is 18.0 Å². The zero-order valence-corrected chi connectivity index (χ0v) is 23.1. The molecule has 0 amide bonds. The van der Waals surface area contributed by atoms with Gasteiger partial charge in [0.15, 0.2) is 11.6 Å². The minimum atomic E-state index is -4.54. The average Bonchev–Trinajstić information content (AvgIpc) is 3.30. The normalized spacial score (nSPS) is 11.6. The van der Waals surface area contributed by atoms with E-state index in [2.05, 4.69) is 25.7 Å². The van der Waals surface area contributed by atoms with E-state index in [1.165, 1.54) is 6.33 Å². The highest BCUT2D eigenvalue weighted by molar-refractivity contribution is 5.98. The summed E-state index contributed by atoms with van der Waals surface area (Å²) >= 11 is 0. The molecule has 0 bridgehead atoms. The first-order valence-electron chi connectivity index (χ1n) is 13.2. The Morgan fingerprint density at radius 2 is 1.80 bits per heavy atom. The van der Waals surface area contributed by atoms with Gasteiger partial charge in [0.1, 0.15) is 12.1 Å². The van der Waals surface area contributed by atoms with Crippen molar-refractivity contribution in [1.29, 1.82) is 0 Å². The van der Waals surface area contributed by atoms with Gasteiger partial charge in [-0.25, -0.2) is 14.6 Å². The number of hydrogen-bond acceptors (Lipinski definition) is 6. The molecule has 7 nitrogen and oxygen atoms in total. The summed E-state index contributed by atoms with van der Waals surface area (Å²) in [6.45, 7) is 6.82. The summed E-state index contributed by atoms with van der Waals surface area (Å²) in [5, 5.41) is 10.7. The van der Waals surface area contributed by atoms with Crippen LogP contribution < -0.4 is 10.6 Å². The number of aryl methyl sites for hydroxylation is 2. The van der Waals surface area contributed by atoms with E-state index < -0.39 is 11.7 Å². The highest BCUT2D eigenvalue weighted by Crippen LogP contribution is 2.31. The molecule has 10 heteroatoms. The van der Waals surface area contributed by atoms with E-state index in [0.29, 0.717) is 30.2 Å². The highest BCUT2D eigenvalue weighted by Gasteiger charge is 2.31. The average molecular weight is 551 g/mol. The molecule has 0 atom stereocenters. The molecule has 0 saturated carbocycles. The van der Waals surface area contributed by atoms with Crippen molar-refractivity contribution in [1.82, 2.24) is 25.1 Å². The van der Waals surface area contributed by atoms with E-state index in [1.54, 1.807) is 23.9 Å². The van der Waals surface area contributed by atoms with Crippen LogP contribution in [0.3, 0.4) is 0 Å². The van der Waals surface area contributed by atoms with Crippen molar-refractivity contribution in [2.45, 2.75) is 52.8 Å². The van der Waals surface area contributed by atoms with Gasteiger partial charge in [0.05, 0.1) is 17.0 Å². The zero-order chi connectivity index (χ0) is 28.9. The molecule has 210 valence electrons. The van der Waals surface area contributed by atoms with Crippen LogP contribution in [0.4, 0.5) is 19.0 Å². The first kappa shape index (κ1) is 28.9. The van der Waals surface area contributed by atoms with Gasteiger partial charge < -0.3 is 10.6 Å². The number of carbonyl (C=O) groups is 1. The standard InChI is InChI=1S/C30H33F3N6O/c1-5-8-35-17-22-11-24(14-25(12-22)30(31,32)33)27(40)13-21-7-6-19(2)23(10-21)15-26-9-20(3)38-39(26)29-16-28(34-4)36-18-37-29/h6-7,9-12,14,16,18,35H,5,8,13,15,17H2,1-4H3,(H,34,36,37). The van der Waals surface area contributed by atoms with Gasteiger partial charge in [-0.2, -0.15) is 18.3 Å². The lowest BCUT2D eigenvalue weighted by molar-refractivity contribution is -0.137. The van der Waals surface area contributed by atoms with Gasteiger partial charge in [0, 0.05) is 38.1 Å². The Kier molecular flexibility index (Phi) is 8.99. The third kappa shape index (κ3) is 7.12. The van der Waals surface area contributed by atoms with Crippen molar-refractivity contribution >= 4 is 11.6 Å². The minimum absolute atomic E-state index is 0.00779. The third-order valence-electron chi connectivity index (χ3n) is 6.58. The lowest BCUT2D eigenvalue weighted by Gasteiger charge is -2.13. The zero-order valence-electron chi connectivity index (χ0n) is 23.1. The van der Waals surface area contributed by atoms with Crippen LogP contribution in [-0.2, 0) is 25.6 Å². The van der Waals surface area contributed by atoms with Gasteiger partial charge in [-0.05, 0) is 73.3 Å². The molecule has 40 heavy (non-hydrogen) atoms. The highest BCUT2D eigenvalue weighted by atomic mass is 19.4. The Balaban J connectivity index is 1.59. The molecular weight excluding hydrogens is 517 g/mol. The van der Waals surface area contributed by atoms with Crippen LogP contribution in [0, 0.1) is 13.8 Å². The fraction of sp³-hybridized carbons (Fsp3) is 0.333. The quantitative estimate of drug-likeness (QED) is 0.180. The number of anilines is 1. The number of hydrogen-bond donors (Lipinski definition) is 2. The van der Waals surface area contributed by atoms with Crippen LogP contribution in [0.5, 0.6) is 0 Å². The molecule has 0 saturated heterocycles. The van der Waals surface area contributed by atoms with Gasteiger partial charge in [-0.15, -0.1) is 0 Å². The Labute approximate surface area is 231 Å². The number of benzene rings is 2. The fourth-order valence-electron chi connectivity index (χ4n) is 4.51. The first-order valence-corrected chi connectivity index (χ1v) is 13.2. The summed E-state index contributed by atoms with van der Waals surface area (Å²) in [4.78, 5) is 21.7. The van der Waals surface area contributed by atoms with Crippen molar-refractivity contribution in [2.24, 2.45) is 0 Å². The molecule has 0 fully saturated rings. The predicted molar refractivity (Wildman–Crippen MR) is 149 cm³/mol. The van der Waals surface area contributed by atoms with E-state index >= 15 is 0 Å². The van der Waals surface area contributed by atoms with E-state index in [1.807, 2.05) is 45.0 Å². The largest absolute Gasteiger partial charge is 0.416 e. The van der Waals surface area contributed by atoms with Gasteiger partial charge in [0.2, 0.25) is 0 Å². The number of Topliss-reactive ketones (excluding diaryl/α,β-unsaturated/α-hetero) is 1. The van der Waals surface area contributed by atoms with Gasteiger partial charge in [0.25, 0.3) is 0 Å². The number of nitrogens with zero attached hydrogens (tertiary/aromatic N) is 4. The van der Waals surface area contributed by atoms with Crippen LogP contribution >= 0.6 is 0 Å². The third-order valence-corrected chi connectivity index (χ3v) is 6.58. The molecule has 0 aliphatic carbocycles. The Morgan fingerprint density at radius 3 is 2.52 bits per heavy atom. The summed E-state index contributed by atoms with van der Waals surface area (Å²) in [6, 6.07) is 13.1. The molecule has 0 unspecified atom stereocenters. The molecular formula is C30H33F3N6O. The molecule has 0 radical (unpaired) electrons. The first-order chi connectivity index (χ1) is 19.1. The van der Waals surface area contributed by atoms with E-state index in [-0.39, 0.29) is 24.3 Å². The fourth-order valence-corrected chi connectivity index (χ4v) is 4.51. The van der Waals surface area contributed by atoms with E-state index in [4.69, 9.17) is 0 Å². The van der Waals surface area contributed by atoms with Gasteiger partial charge in [-0.3, -0.25) is 4.79 Å². The molecule has 4 aromatic rings. The van der Waals surface area contributed by atoms with Crippen molar-refractivity contribution in [2.75, 3.05) is 18.9 Å². The number of halogens is 3. The van der Waals surface area contributed by atoms with Gasteiger partial charge in [-0.1, -0.05) is 25.1 Å². The number of alkyl halides is 3. The van der Waals surface area contributed by atoms with Crippen LogP contribution in [-0.4, -0.2) is 39.1 Å². The van der Waals surface area contributed by atoms with Crippen molar-refractivity contribution in [3.05, 3.63) is 99.6 Å². The van der Waals surface area contributed by atoms with Gasteiger partial charge >= 0.3 is 6.18 Å². The minimum Gasteiger partial charge on any atom is -0.373 e. The smallest absolute Gasteiger partial charge is 0.373 e. The number of aromatic nitrogens is 4. The van der Waals surface area contributed by atoms with Crippen molar-refractivity contribution in [3.8, 4) is 5.82 Å². The lowest BCUT2D eigenvalue weighted by Crippen LogP contribution is -2.16. The number of ketones is 1. The van der Waals surface area contributed by atoms with Crippen molar-refractivity contribution < 1.29 is 18.0 Å². The lowest BCUT2D eigenvalue weighted by atomic mass is 9.95. The Bertz CT molecular complexity index is 1500. The molecule has 0 aliphatic rings. The van der Waals surface area contributed by atoms with Crippen LogP contribution in [0.2, 0.25) is 0 Å². The molecule has 2 N–H and O–H groups in total. The molecule has 2 aromatic carbocycles. The van der Waals surface area contributed by atoms with Crippen LogP contribution in [0.15, 0.2) is 54.9 Å². The Hall–Kier alpha value is -4.05. The molecule has 4 rings (SSSR count). The summed E-state index contributed by atoms with van der Waals surface area (Å²) in [5.41, 5.74) is 4.17. The van der Waals surface area contributed by atoms with E-state index in [0.717, 1.165) is 46.6 Å². The predicted octanol–water partition coefficient (Wildman–Crippen LogP) is 5.86. The number of nitrogens with one attached hydrogen (secondary N) is 2. The molecule has 2 heterocycles. The van der Waals surface area contributed by atoms with Crippen LogP contribution in [0.1, 0.15) is 62.9 Å². The second kappa shape index (κ2) is 12.4.